The van der Waals surface area contributed by atoms with Gasteiger partial charge in [0, 0.05) is 13.1 Å². The molecule has 1 atom stereocenters. The first-order chi connectivity index (χ1) is 9.32. The molecule has 0 aliphatic heterocycles. The fraction of sp³-hybridized carbons (Fsp3) is 0.231. The lowest BCUT2D eigenvalue weighted by atomic mass is 10.1. The Morgan fingerprint density at radius 2 is 1.80 bits per heavy atom. The van der Waals surface area contributed by atoms with E-state index in [1.54, 1.807) is 43.4 Å². The molecule has 0 aliphatic rings. The number of benzene rings is 1. The van der Waals surface area contributed by atoms with Gasteiger partial charge in [0.15, 0.2) is 0 Å². The zero-order chi connectivity index (χ0) is 14.9. The molecule has 2 rings (SSSR count). The van der Waals surface area contributed by atoms with E-state index in [0.717, 1.165) is 9.35 Å². The fourth-order valence-electron chi connectivity index (χ4n) is 1.75. The molecule has 0 radical (unpaired) electrons. The molecule has 1 unspecified atom stereocenters. The average molecular weight is 376 g/mol. The monoisotopic (exact) mass is 375 g/mol. The van der Waals surface area contributed by atoms with Crippen molar-refractivity contribution in [2.75, 3.05) is 7.05 Å². The van der Waals surface area contributed by atoms with Crippen LogP contribution < -0.4 is 0 Å². The summed E-state index contributed by atoms with van der Waals surface area (Å²) in [4.78, 5) is 0. The van der Waals surface area contributed by atoms with Gasteiger partial charge in [0.1, 0.15) is 9.96 Å². The summed E-state index contributed by atoms with van der Waals surface area (Å²) in [6, 6.07) is 9.52. The molecule has 108 valence electrons. The van der Waals surface area contributed by atoms with Gasteiger partial charge in [-0.3, -0.25) is 0 Å². The molecule has 0 aliphatic carbocycles. The van der Waals surface area contributed by atoms with Crippen molar-refractivity contribution >= 4 is 37.3 Å². The number of phenolic OH excluding ortho intramolecular Hbond substituents is 1. The van der Waals surface area contributed by atoms with E-state index in [-0.39, 0.29) is 11.8 Å². The predicted octanol–water partition coefficient (Wildman–Crippen LogP) is 3.60. The summed E-state index contributed by atoms with van der Waals surface area (Å²) in [5, 5.41) is 9.28. The minimum absolute atomic E-state index is 0.161. The fourth-order valence-corrected chi connectivity index (χ4v) is 5.30. The third kappa shape index (κ3) is 3.06. The molecule has 7 heteroatoms. The summed E-state index contributed by atoms with van der Waals surface area (Å²) < 4.78 is 27.4. The van der Waals surface area contributed by atoms with Gasteiger partial charge in [-0.2, -0.15) is 4.31 Å². The van der Waals surface area contributed by atoms with E-state index in [2.05, 4.69) is 15.9 Å². The Hall–Kier alpha value is -0.890. The Balaban J connectivity index is 2.30. The average Bonchev–Trinajstić information content (AvgIpc) is 2.85. The lowest BCUT2D eigenvalue weighted by molar-refractivity contribution is 0.399. The summed E-state index contributed by atoms with van der Waals surface area (Å²) in [5.41, 5.74) is 0.824. The Kier molecular flexibility index (Phi) is 4.53. The smallest absolute Gasteiger partial charge is 0.252 e. The third-order valence-electron chi connectivity index (χ3n) is 3.10. The zero-order valence-electron chi connectivity index (χ0n) is 10.9. The second-order valence-electron chi connectivity index (χ2n) is 4.35. The Bertz CT molecular complexity index is 695. The highest BCUT2D eigenvalue weighted by Gasteiger charge is 2.27. The number of sulfonamides is 1. The van der Waals surface area contributed by atoms with Gasteiger partial charge in [-0.25, -0.2) is 8.42 Å². The summed E-state index contributed by atoms with van der Waals surface area (Å²) in [6.45, 7) is 1.81. The Morgan fingerprint density at radius 1 is 1.20 bits per heavy atom. The number of thiophene rings is 1. The van der Waals surface area contributed by atoms with Gasteiger partial charge >= 0.3 is 0 Å². The first-order valence-electron chi connectivity index (χ1n) is 5.84. The lowest BCUT2D eigenvalue weighted by Gasteiger charge is -2.24. The van der Waals surface area contributed by atoms with Crippen molar-refractivity contribution in [2.45, 2.75) is 17.2 Å². The third-order valence-corrected chi connectivity index (χ3v) is 7.12. The summed E-state index contributed by atoms with van der Waals surface area (Å²) >= 11 is 4.46. The molecule has 1 aromatic carbocycles. The van der Waals surface area contributed by atoms with Gasteiger partial charge in [-0.05, 0) is 52.7 Å². The van der Waals surface area contributed by atoms with Crippen molar-refractivity contribution in [2.24, 2.45) is 0 Å². The van der Waals surface area contributed by atoms with Crippen LogP contribution in [0.15, 0.2) is 44.4 Å². The van der Waals surface area contributed by atoms with E-state index >= 15 is 0 Å². The van der Waals surface area contributed by atoms with Crippen LogP contribution in [0.5, 0.6) is 5.75 Å². The van der Waals surface area contributed by atoms with Crippen molar-refractivity contribution < 1.29 is 13.5 Å². The molecule has 0 spiro atoms. The maximum atomic E-state index is 12.5. The normalized spacial score (nSPS) is 13.6. The highest BCUT2D eigenvalue weighted by atomic mass is 79.9. The molecule has 1 N–H and O–H groups in total. The first kappa shape index (κ1) is 15.5. The van der Waals surface area contributed by atoms with Crippen molar-refractivity contribution in [3.05, 3.63) is 45.7 Å². The van der Waals surface area contributed by atoms with Gasteiger partial charge in [0.2, 0.25) is 0 Å². The second kappa shape index (κ2) is 5.85. The van der Waals surface area contributed by atoms with Crippen molar-refractivity contribution in [3.63, 3.8) is 0 Å². The van der Waals surface area contributed by atoms with E-state index in [9.17, 15) is 13.5 Å². The zero-order valence-corrected chi connectivity index (χ0v) is 14.2. The van der Waals surface area contributed by atoms with Crippen LogP contribution in [0.25, 0.3) is 0 Å². The number of halogens is 1. The standard InChI is InChI=1S/C13H14BrNO3S2/c1-9(10-3-5-11(16)6-4-10)15(2)20(17,18)13-8-7-12(14)19-13/h3-9,16H,1-2H3. The minimum Gasteiger partial charge on any atom is -0.508 e. The molecule has 0 amide bonds. The van der Waals surface area contributed by atoms with Crippen molar-refractivity contribution in [1.29, 1.82) is 0 Å². The summed E-state index contributed by atoms with van der Waals surface area (Å²) in [5.74, 6) is 0.161. The predicted molar refractivity (Wildman–Crippen MR) is 83.5 cm³/mol. The minimum atomic E-state index is -3.52. The first-order valence-corrected chi connectivity index (χ1v) is 8.89. The molecule has 0 fully saturated rings. The van der Waals surface area contributed by atoms with Crippen molar-refractivity contribution in [3.8, 4) is 5.75 Å². The van der Waals surface area contributed by atoms with Crippen LogP contribution in [0.1, 0.15) is 18.5 Å². The lowest BCUT2D eigenvalue weighted by Crippen LogP contribution is -2.29. The molecular weight excluding hydrogens is 362 g/mol. The molecule has 0 saturated heterocycles. The van der Waals surface area contributed by atoms with Crippen LogP contribution in [-0.2, 0) is 10.0 Å². The molecule has 4 nitrogen and oxygen atoms in total. The van der Waals surface area contributed by atoms with E-state index in [1.165, 1.54) is 15.6 Å². The van der Waals surface area contributed by atoms with Crippen LogP contribution in [0, 0.1) is 0 Å². The number of aromatic hydroxyl groups is 1. The largest absolute Gasteiger partial charge is 0.508 e. The maximum absolute atomic E-state index is 12.5. The van der Waals surface area contributed by atoms with Crippen LogP contribution in [-0.4, -0.2) is 24.9 Å². The second-order valence-corrected chi connectivity index (χ2v) is 9.03. The number of rotatable bonds is 4. The van der Waals surface area contributed by atoms with Crippen LogP contribution >= 0.6 is 27.3 Å². The van der Waals surface area contributed by atoms with Crippen LogP contribution in [0.4, 0.5) is 0 Å². The van der Waals surface area contributed by atoms with Gasteiger partial charge in [0.05, 0.1) is 3.79 Å². The quantitative estimate of drug-likeness (QED) is 0.887. The van der Waals surface area contributed by atoms with E-state index in [0.29, 0.717) is 4.21 Å². The molecule has 1 aromatic heterocycles. The van der Waals surface area contributed by atoms with Gasteiger partial charge in [0.25, 0.3) is 10.0 Å². The van der Waals surface area contributed by atoms with Gasteiger partial charge < -0.3 is 5.11 Å². The van der Waals surface area contributed by atoms with Gasteiger partial charge in [-0.15, -0.1) is 11.3 Å². The topological polar surface area (TPSA) is 57.6 Å². The molecule has 0 bridgehead atoms. The maximum Gasteiger partial charge on any atom is 0.252 e. The number of nitrogens with zero attached hydrogens (tertiary/aromatic N) is 1. The summed E-state index contributed by atoms with van der Waals surface area (Å²) in [6.07, 6.45) is 0. The summed E-state index contributed by atoms with van der Waals surface area (Å²) in [7, 11) is -1.96. The Labute approximate surface area is 130 Å². The Morgan fingerprint density at radius 3 is 2.30 bits per heavy atom. The number of hydrogen-bond donors (Lipinski definition) is 1. The van der Waals surface area contributed by atoms with Crippen molar-refractivity contribution in [1.82, 2.24) is 4.31 Å². The van der Waals surface area contributed by atoms with Crippen LogP contribution in [0.2, 0.25) is 0 Å². The molecular formula is C13H14BrNO3S2. The number of phenols is 1. The van der Waals surface area contributed by atoms with E-state index in [1.807, 2.05) is 6.92 Å². The highest BCUT2D eigenvalue weighted by Crippen LogP contribution is 2.32. The van der Waals surface area contributed by atoms with Gasteiger partial charge in [-0.1, -0.05) is 12.1 Å². The van der Waals surface area contributed by atoms with E-state index < -0.39 is 10.0 Å². The molecule has 2 aromatic rings. The van der Waals surface area contributed by atoms with Crippen LogP contribution in [0.3, 0.4) is 0 Å². The molecule has 20 heavy (non-hydrogen) atoms. The number of hydrogen-bond acceptors (Lipinski definition) is 4. The molecule has 1 heterocycles. The SMILES string of the molecule is CC(c1ccc(O)cc1)N(C)S(=O)(=O)c1ccc(Br)s1. The van der Waals surface area contributed by atoms with E-state index in [4.69, 9.17) is 0 Å². The highest BCUT2D eigenvalue weighted by molar-refractivity contribution is 9.11. The molecule has 0 saturated carbocycles.